The Bertz CT molecular complexity index is 1350. The number of benzene rings is 1. The maximum Gasteiger partial charge on any atom is 0.140 e. The van der Waals surface area contributed by atoms with Crippen LogP contribution >= 0.6 is 11.3 Å². The minimum atomic E-state index is 0.639. The van der Waals surface area contributed by atoms with Crippen molar-refractivity contribution in [2.75, 3.05) is 20.8 Å². The summed E-state index contributed by atoms with van der Waals surface area (Å²) in [6, 6.07) is 10.2. The van der Waals surface area contributed by atoms with E-state index in [1.807, 2.05) is 18.3 Å². The normalized spacial score (nSPS) is 11.6. The Hall–Kier alpha value is -3.16. The lowest BCUT2D eigenvalue weighted by molar-refractivity contribution is 0.188. The average molecular weight is 419 g/mol. The van der Waals surface area contributed by atoms with Crippen molar-refractivity contribution in [3.8, 4) is 27.6 Å². The second-order valence-electron chi connectivity index (χ2n) is 7.18. The van der Waals surface area contributed by atoms with Crippen LogP contribution in [0.3, 0.4) is 0 Å². The van der Waals surface area contributed by atoms with E-state index in [1.54, 1.807) is 25.6 Å². The molecule has 1 aromatic carbocycles. The third-order valence-electron chi connectivity index (χ3n) is 5.38. The number of aryl methyl sites for hydroxylation is 1. The van der Waals surface area contributed by atoms with Crippen molar-refractivity contribution in [2.45, 2.75) is 6.54 Å². The highest BCUT2D eigenvalue weighted by Crippen LogP contribution is 2.37. The van der Waals surface area contributed by atoms with Gasteiger partial charge in [-0.3, -0.25) is 0 Å². The van der Waals surface area contributed by atoms with Crippen LogP contribution in [0.5, 0.6) is 5.75 Å². The zero-order valence-electron chi connectivity index (χ0n) is 17.1. The maximum absolute atomic E-state index is 5.43. The molecule has 0 amide bonds. The van der Waals surface area contributed by atoms with Gasteiger partial charge in [0.1, 0.15) is 16.4 Å². The highest BCUT2D eigenvalue weighted by molar-refractivity contribution is 7.13. The van der Waals surface area contributed by atoms with E-state index in [0.717, 1.165) is 56.1 Å². The summed E-state index contributed by atoms with van der Waals surface area (Å²) in [5, 5.41) is 5.36. The molecule has 0 saturated carbocycles. The van der Waals surface area contributed by atoms with Crippen LogP contribution in [-0.4, -0.2) is 39.9 Å². The number of thiazole rings is 1. The molecule has 0 aliphatic heterocycles. The number of aromatic nitrogens is 4. The number of pyridine rings is 1. The van der Waals surface area contributed by atoms with Crippen molar-refractivity contribution in [3.63, 3.8) is 0 Å². The maximum atomic E-state index is 5.43. The largest absolute Gasteiger partial charge is 0.497 e. The molecule has 0 atom stereocenters. The summed E-state index contributed by atoms with van der Waals surface area (Å²) >= 11 is 1.66. The van der Waals surface area contributed by atoms with Gasteiger partial charge in [-0.15, -0.1) is 11.3 Å². The SMILES string of the molecule is COCCn1cc(-c2csc(-c3cn(C)c4ccc(OC)cc34)n2)c2cccnc21. The average Bonchev–Trinajstić information content (AvgIpc) is 3.48. The van der Waals surface area contributed by atoms with Crippen LogP contribution in [-0.2, 0) is 18.3 Å². The lowest BCUT2D eigenvalue weighted by Gasteiger charge is -2.02. The van der Waals surface area contributed by atoms with Crippen LogP contribution in [0.2, 0.25) is 0 Å². The van der Waals surface area contributed by atoms with E-state index in [9.17, 15) is 0 Å². The first-order valence-corrected chi connectivity index (χ1v) is 10.6. The summed E-state index contributed by atoms with van der Waals surface area (Å²) < 4.78 is 15.0. The van der Waals surface area contributed by atoms with Gasteiger partial charge in [0.05, 0.1) is 19.4 Å². The number of nitrogens with zero attached hydrogens (tertiary/aromatic N) is 4. The molecular formula is C23H22N4O2S. The summed E-state index contributed by atoms with van der Waals surface area (Å²) in [5.74, 6) is 0.846. The predicted octanol–water partition coefficient (Wildman–Crippen LogP) is 4.97. The molecule has 0 aliphatic carbocycles. The van der Waals surface area contributed by atoms with Gasteiger partial charge in [-0.25, -0.2) is 9.97 Å². The monoisotopic (exact) mass is 418 g/mol. The summed E-state index contributed by atoms with van der Waals surface area (Å²) in [6.45, 7) is 1.39. The van der Waals surface area contributed by atoms with Crippen molar-refractivity contribution in [1.29, 1.82) is 0 Å². The zero-order valence-corrected chi connectivity index (χ0v) is 17.9. The van der Waals surface area contributed by atoms with Crippen LogP contribution in [0.25, 0.3) is 43.8 Å². The molecular weight excluding hydrogens is 396 g/mol. The second-order valence-corrected chi connectivity index (χ2v) is 8.04. The molecule has 152 valence electrons. The van der Waals surface area contributed by atoms with Crippen molar-refractivity contribution >= 4 is 33.3 Å². The molecule has 0 saturated heterocycles. The molecule has 0 fully saturated rings. The van der Waals surface area contributed by atoms with Gasteiger partial charge < -0.3 is 18.6 Å². The predicted molar refractivity (Wildman–Crippen MR) is 121 cm³/mol. The van der Waals surface area contributed by atoms with Gasteiger partial charge in [-0.05, 0) is 30.3 Å². The Morgan fingerprint density at radius 3 is 2.80 bits per heavy atom. The van der Waals surface area contributed by atoms with Gasteiger partial charge in [0.2, 0.25) is 0 Å². The van der Waals surface area contributed by atoms with Gasteiger partial charge in [0, 0.05) is 72.1 Å². The highest BCUT2D eigenvalue weighted by Gasteiger charge is 2.17. The third kappa shape index (κ3) is 3.07. The van der Waals surface area contributed by atoms with Gasteiger partial charge in [-0.2, -0.15) is 0 Å². The Morgan fingerprint density at radius 2 is 1.97 bits per heavy atom. The molecule has 0 radical (unpaired) electrons. The van der Waals surface area contributed by atoms with Crippen LogP contribution < -0.4 is 4.74 Å². The summed E-state index contributed by atoms with van der Waals surface area (Å²) in [6.07, 6.45) is 6.09. The first-order chi connectivity index (χ1) is 14.7. The van der Waals surface area contributed by atoms with Crippen molar-refractivity contribution in [1.82, 2.24) is 19.1 Å². The molecule has 0 N–H and O–H groups in total. The minimum Gasteiger partial charge on any atom is -0.497 e. The van der Waals surface area contributed by atoms with E-state index in [-0.39, 0.29) is 0 Å². The van der Waals surface area contributed by atoms with E-state index in [2.05, 4.69) is 57.1 Å². The van der Waals surface area contributed by atoms with Gasteiger partial charge in [-0.1, -0.05) is 0 Å². The van der Waals surface area contributed by atoms with Gasteiger partial charge in [0.25, 0.3) is 0 Å². The number of fused-ring (bicyclic) bond motifs is 2. The zero-order chi connectivity index (χ0) is 20.7. The number of hydrogen-bond acceptors (Lipinski definition) is 5. The Labute approximate surface area is 178 Å². The molecule has 4 heterocycles. The number of ether oxygens (including phenoxy) is 2. The standard InChI is InChI=1S/C23H22N4O2S/c1-26-12-19(17-11-15(29-3)6-7-21(17)26)23-25-20(14-30-23)18-13-27(9-10-28-2)22-16(18)5-4-8-24-22/h4-8,11-14H,9-10H2,1-3H3. The Morgan fingerprint density at radius 1 is 1.07 bits per heavy atom. The molecule has 6 nitrogen and oxygen atoms in total. The molecule has 0 aliphatic rings. The van der Waals surface area contributed by atoms with E-state index in [1.165, 1.54) is 0 Å². The molecule has 0 spiro atoms. The molecule has 4 aromatic heterocycles. The summed E-state index contributed by atoms with van der Waals surface area (Å²) in [4.78, 5) is 9.58. The van der Waals surface area contributed by atoms with E-state index < -0.39 is 0 Å². The van der Waals surface area contributed by atoms with Crippen LogP contribution in [0, 0.1) is 0 Å². The molecule has 0 bridgehead atoms. The third-order valence-corrected chi connectivity index (χ3v) is 6.25. The molecule has 5 aromatic rings. The van der Waals surface area contributed by atoms with Crippen molar-refractivity contribution in [3.05, 3.63) is 54.3 Å². The van der Waals surface area contributed by atoms with Crippen LogP contribution in [0.15, 0.2) is 54.3 Å². The van der Waals surface area contributed by atoms with E-state index in [0.29, 0.717) is 6.61 Å². The fraction of sp³-hybridized carbons (Fsp3) is 0.217. The second kappa shape index (κ2) is 7.59. The Balaban J connectivity index is 1.61. The molecule has 5 rings (SSSR count). The van der Waals surface area contributed by atoms with Crippen molar-refractivity contribution in [2.24, 2.45) is 7.05 Å². The van der Waals surface area contributed by atoms with Gasteiger partial charge >= 0.3 is 0 Å². The number of methoxy groups -OCH3 is 2. The molecule has 30 heavy (non-hydrogen) atoms. The number of hydrogen-bond donors (Lipinski definition) is 0. The quantitative estimate of drug-likeness (QED) is 0.391. The topological polar surface area (TPSA) is 54.1 Å². The lowest BCUT2D eigenvalue weighted by atomic mass is 10.1. The van der Waals surface area contributed by atoms with E-state index >= 15 is 0 Å². The fourth-order valence-electron chi connectivity index (χ4n) is 3.88. The lowest BCUT2D eigenvalue weighted by Crippen LogP contribution is -2.03. The first-order valence-electron chi connectivity index (χ1n) is 9.71. The van der Waals surface area contributed by atoms with E-state index in [4.69, 9.17) is 14.5 Å². The highest BCUT2D eigenvalue weighted by atomic mass is 32.1. The molecule has 0 unspecified atom stereocenters. The van der Waals surface area contributed by atoms with Crippen LogP contribution in [0.4, 0.5) is 0 Å². The smallest absolute Gasteiger partial charge is 0.140 e. The summed E-state index contributed by atoms with van der Waals surface area (Å²) in [5.41, 5.74) is 5.28. The Kier molecular flexibility index (Phi) is 4.77. The minimum absolute atomic E-state index is 0.639. The summed E-state index contributed by atoms with van der Waals surface area (Å²) in [7, 11) is 5.46. The van der Waals surface area contributed by atoms with Crippen molar-refractivity contribution < 1.29 is 9.47 Å². The number of rotatable bonds is 6. The van der Waals surface area contributed by atoms with Crippen LogP contribution in [0.1, 0.15) is 0 Å². The van der Waals surface area contributed by atoms with Gasteiger partial charge in [0.15, 0.2) is 0 Å². The first kappa shape index (κ1) is 18.8. The fourth-order valence-corrected chi connectivity index (χ4v) is 4.72. The molecule has 7 heteroatoms.